The number of amides is 2. The summed E-state index contributed by atoms with van der Waals surface area (Å²) >= 11 is 6.29. The Kier molecular flexibility index (Phi) is 5.14. The smallest absolute Gasteiger partial charge is 0.315 e. The van der Waals surface area contributed by atoms with Crippen LogP contribution in [0.25, 0.3) is 10.9 Å². The molecule has 3 rings (SSSR count). The predicted octanol–water partition coefficient (Wildman–Crippen LogP) is 3.52. The first-order valence-corrected chi connectivity index (χ1v) is 8.30. The third-order valence-corrected chi connectivity index (χ3v) is 3.85. The second kappa shape index (κ2) is 7.48. The lowest BCUT2D eigenvalue weighted by Crippen LogP contribution is -2.34. The summed E-state index contributed by atoms with van der Waals surface area (Å²) < 4.78 is 10.8. The Morgan fingerprint density at radius 3 is 2.88 bits per heavy atom. The van der Waals surface area contributed by atoms with E-state index in [9.17, 15) is 4.79 Å². The van der Waals surface area contributed by atoms with Crippen molar-refractivity contribution in [2.75, 3.05) is 6.54 Å². The molecule has 0 aliphatic carbocycles. The third kappa shape index (κ3) is 4.24. The van der Waals surface area contributed by atoms with Crippen LogP contribution in [-0.4, -0.2) is 22.7 Å². The SMILES string of the molecule is CCNC(=O)NCc1cc2cc(Cl)c(OCc3cc(C)no3)cc2[nH]1. The van der Waals surface area contributed by atoms with Gasteiger partial charge >= 0.3 is 6.03 Å². The van der Waals surface area contributed by atoms with Gasteiger partial charge in [0.15, 0.2) is 5.76 Å². The van der Waals surface area contributed by atoms with Gasteiger partial charge in [-0.2, -0.15) is 0 Å². The second-order valence-corrected chi connectivity index (χ2v) is 6.01. The number of carbonyl (C=O) groups excluding carboxylic acids is 1. The number of carbonyl (C=O) groups is 1. The van der Waals surface area contributed by atoms with E-state index >= 15 is 0 Å². The maximum absolute atomic E-state index is 11.5. The summed E-state index contributed by atoms with van der Waals surface area (Å²) in [6.45, 7) is 4.94. The molecule has 7 nitrogen and oxygen atoms in total. The maximum atomic E-state index is 11.5. The van der Waals surface area contributed by atoms with Crippen molar-refractivity contribution in [3.05, 3.63) is 46.4 Å². The minimum absolute atomic E-state index is 0.203. The standard InChI is InChI=1S/C17H19ClN4O3/c1-3-19-17(23)20-8-12-5-11-6-14(18)16(7-15(11)21-12)24-9-13-4-10(2)22-25-13/h4-7,21H,3,8-9H2,1-2H3,(H2,19,20,23). The molecule has 0 saturated carbocycles. The van der Waals surface area contributed by atoms with Gasteiger partial charge in [-0.1, -0.05) is 16.8 Å². The van der Waals surface area contributed by atoms with E-state index in [4.69, 9.17) is 20.9 Å². The number of aromatic amines is 1. The van der Waals surface area contributed by atoms with Crippen molar-refractivity contribution < 1.29 is 14.1 Å². The van der Waals surface area contributed by atoms with Gasteiger partial charge in [0.1, 0.15) is 12.4 Å². The molecular weight excluding hydrogens is 344 g/mol. The van der Waals surface area contributed by atoms with Gasteiger partial charge in [0, 0.05) is 35.3 Å². The van der Waals surface area contributed by atoms with E-state index in [1.54, 1.807) is 0 Å². The van der Waals surface area contributed by atoms with Crippen LogP contribution < -0.4 is 15.4 Å². The van der Waals surface area contributed by atoms with E-state index in [0.29, 0.717) is 29.6 Å². The number of halogens is 1. The summed E-state index contributed by atoms with van der Waals surface area (Å²) in [6, 6.07) is 7.20. The van der Waals surface area contributed by atoms with Crippen molar-refractivity contribution in [3.8, 4) is 5.75 Å². The maximum Gasteiger partial charge on any atom is 0.315 e. The fraction of sp³-hybridized carbons (Fsp3) is 0.294. The van der Waals surface area contributed by atoms with Crippen LogP contribution in [0.2, 0.25) is 5.02 Å². The van der Waals surface area contributed by atoms with Crippen LogP contribution >= 0.6 is 11.6 Å². The van der Waals surface area contributed by atoms with Crippen LogP contribution in [0.3, 0.4) is 0 Å². The first kappa shape index (κ1) is 17.2. The number of nitrogens with zero attached hydrogens (tertiary/aromatic N) is 1. The number of ether oxygens (including phenoxy) is 1. The summed E-state index contributed by atoms with van der Waals surface area (Å²) in [4.78, 5) is 14.7. The Labute approximate surface area is 149 Å². The van der Waals surface area contributed by atoms with Crippen LogP contribution in [0.4, 0.5) is 4.79 Å². The number of nitrogens with one attached hydrogen (secondary N) is 3. The molecule has 0 atom stereocenters. The van der Waals surface area contributed by atoms with Crippen LogP contribution in [0, 0.1) is 6.92 Å². The van der Waals surface area contributed by atoms with Crippen molar-refractivity contribution in [1.82, 2.24) is 20.8 Å². The first-order valence-electron chi connectivity index (χ1n) is 7.93. The van der Waals surface area contributed by atoms with Gasteiger partial charge < -0.3 is 24.9 Å². The van der Waals surface area contributed by atoms with E-state index in [-0.39, 0.29) is 12.6 Å². The number of aromatic nitrogens is 2. The first-order chi connectivity index (χ1) is 12.0. The highest BCUT2D eigenvalue weighted by Crippen LogP contribution is 2.31. The highest BCUT2D eigenvalue weighted by molar-refractivity contribution is 6.32. The molecule has 1 aromatic carbocycles. The summed E-state index contributed by atoms with van der Waals surface area (Å²) in [6.07, 6.45) is 0. The van der Waals surface area contributed by atoms with E-state index in [1.807, 2.05) is 38.1 Å². The molecule has 132 valence electrons. The third-order valence-electron chi connectivity index (χ3n) is 3.55. The van der Waals surface area contributed by atoms with Crippen molar-refractivity contribution >= 4 is 28.5 Å². The van der Waals surface area contributed by atoms with Crippen molar-refractivity contribution in [2.24, 2.45) is 0 Å². The highest BCUT2D eigenvalue weighted by atomic mass is 35.5. The van der Waals surface area contributed by atoms with Crippen LogP contribution in [0.5, 0.6) is 5.75 Å². The summed E-state index contributed by atoms with van der Waals surface area (Å²) in [5.41, 5.74) is 2.55. The Morgan fingerprint density at radius 2 is 2.16 bits per heavy atom. The van der Waals surface area contributed by atoms with Crippen molar-refractivity contribution in [2.45, 2.75) is 27.0 Å². The normalized spacial score (nSPS) is 10.8. The van der Waals surface area contributed by atoms with E-state index in [0.717, 1.165) is 22.3 Å². The van der Waals surface area contributed by atoms with Crippen molar-refractivity contribution in [1.29, 1.82) is 0 Å². The lowest BCUT2D eigenvalue weighted by atomic mass is 10.2. The molecule has 0 saturated heterocycles. The highest BCUT2D eigenvalue weighted by Gasteiger charge is 2.10. The largest absolute Gasteiger partial charge is 0.484 e. The molecule has 0 radical (unpaired) electrons. The molecule has 0 spiro atoms. The molecule has 0 fully saturated rings. The van der Waals surface area contributed by atoms with E-state index in [2.05, 4.69) is 20.8 Å². The molecule has 3 aromatic rings. The zero-order valence-corrected chi connectivity index (χ0v) is 14.7. The number of H-pyrrole nitrogens is 1. The summed E-state index contributed by atoms with van der Waals surface area (Å²) in [7, 11) is 0. The van der Waals surface area contributed by atoms with Gasteiger partial charge in [-0.25, -0.2) is 4.79 Å². The summed E-state index contributed by atoms with van der Waals surface area (Å²) in [5, 5.41) is 10.7. The summed E-state index contributed by atoms with van der Waals surface area (Å²) in [5.74, 6) is 1.18. The molecular formula is C17H19ClN4O3. The van der Waals surface area contributed by atoms with Gasteiger partial charge in [0.25, 0.3) is 0 Å². The lowest BCUT2D eigenvalue weighted by Gasteiger charge is -2.06. The predicted molar refractivity (Wildman–Crippen MR) is 94.8 cm³/mol. The van der Waals surface area contributed by atoms with Gasteiger partial charge in [-0.3, -0.25) is 0 Å². The van der Waals surface area contributed by atoms with E-state index in [1.165, 1.54) is 0 Å². The number of rotatable bonds is 6. The van der Waals surface area contributed by atoms with Crippen LogP contribution in [-0.2, 0) is 13.2 Å². The molecule has 3 N–H and O–H groups in total. The molecule has 25 heavy (non-hydrogen) atoms. The number of fused-ring (bicyclic) bond motifs is 1. The Morgan fingerprint density at radius 1 is 1.32 bits per heavy atom. The molecule has 2 heterocycles. The van der Waals surface area contributed by atoms with Gasteiger partial charge in [0.2, 0.25) is 0 Å². The molecule has 2 aromatic heterocycles. The Balaban J connectivity index is 1.70. The van der Waals surface area contributed by atoms with Crippen LogP contribution in [0.15, 0.2) is 28.8 Å². The molecule has 0 aliphatic heterocycles. The molecule has 0 aliphatic rings. The Hall–Kier alpha value is -2.67. The Bertz CT molecular complexity index is 887. The van der Waals surface area contributed by atoms with Gasteiger partial charge in [0.05, 0.1) is 17.3 Å². The number of hydrogen-bond donors (Lipinski definition) is 3. The van der Waals surface area contributed by atoms with E-state index < -0.39 is 0 Å². The molecule has 0 unspecified atom stereocenters. The molecule has 0 bridgehead atoms. The number of aryl methyl sites for hydroxylation is 1. The average Bonchev–Trinajstić information content (AvgIpc) is 3.16. The number of hydrogen-bond acceptors (Lipinski definition) is 4. The van der Waals surface area contributed by atoms with Gasteiger partial charge in [-0.05, 0) is 26.0 Å². The number of urea groups is 1. The minimum Gasteiger partial charge on any atom is -0.484 e. The number of benzene rings is 1. The topological polar surface area (TPSA) is 92.2 Å². The lowest BCUT2D eigenvalue weighted by molar-refractivity contribution is 0.241. The van der Waals surface area contributed by atoms with Crippen molar-refractivity contribution in [3.63, 3.8) is 0 Å². The minimum atomic E-state index is -0.203. The quantitative estimate of drug-likeness (QED) is 0.625. The average molecular weight is 363 g/mol. The fourth-order valence-electron chi connectivity index (χ4n) is 2.43. The van der Waals surface area contributed by atoms with Crippen LogP contribution in [0.1, 0.15) is 24.1 Å². The van der Waals surface area contributed by atoms with Gasteiger partial charge in [-0.15, -0.1) is 0 Å². The zero-order chi connectivity index (χ0) is 17.8. The molecule has 2 amide bonds. The molecule has 8 heteroatoms. The fourth-order valence-corrected chi connectivity index (χ4v) is 2.66. The zero-order valence-electron chi connectivity index (χ0n) is 14.0. The second-order valence-electron chi connectivity index (χ2n) is 5.60. The monoisotopic (exact) mass is 362 g/mol.